The van der Waals surface area contributed by atoms with Crippen molar-refractivity contribution >= 4 is 6.29 Å². The molecule has 0 aromatic rings. The molecule has 330 valence electrons. The molecule has 0 amide bonds. The fourth-order valence-electron chi connectivity index (χ4n) is 14.1. The van der Waals surface area contributed by atoms with E-state index in [1.807, 2.05) is 12.2 Å². The van der Waals surface area contributed by atoms with Crippen molar-refractivity contribution in [2.75, 3.05) is 6.61 Å². The molecule has 7 fully saturated rings. The maximum absolute atomic E-state index is 10.9. The molecule has 10 rings (SSSR count). The average molecular weight is 849 g/mol. The van der Waals surface area contributed by atoms with Crippen molar-refractivity contribution in [3.63, 3.8) is 0 Å². The van der Waals surface area contributed by atoms with Crippen molar-refractivity contribution in [2.24, 2.45) is 38.3 Å². The summed E-state index contributed by atoms with van der Waals surface area (Å²) in [6.45, 7) is 4.21. The first kappa shape index (κ1) is 43.6. The van der Waals surface area contributed by atoms with Crippen LogP contribution in [0.25, 0.3) is 20.9 Å². The fraction of sp³-hybridized carbons (Fsp3) is 0.829. The Morgan fingerprint density at radius 2 is 1.33 bits per heavy atom. The number of carbonyl (C=O) groups excluding carboxylic acids is 1. The summed E-state index contributed by atoms with van der Waals surface area (Å²) in [7, 11) is 0. The molecule has 4 bridgehead atoms. The molecule has 4 aliphatic heterocycles. The normalized spacial score (nSPS) is 51.2. The highest BCUT2D eigenvalue weighted by Gasteiger charge is 2.74. The van der Waals surface area contributed by atoms with Gasteiger partial charge < -0.3 is 45.2 Å². The molecule has 7 N–H and O–H groups in total. The molecule has 60 heavy (non-hydrogen) atoms. The minimum absolute atomic E-state index is 0.0855. The van der Waals surface area contributed by atoms with Gasteiger partial charge in [0.2, 0.25) is 6.29 Å². The molecule has 0 aromatic carbocycles. The monoisotopic (exact) mass is 848 g/mol. The summed E-state index contributed by atoms with van der Waals surface area (Å²) >= 11 is 0. The Morgan fingerprint density at radius 3 is 1.92 bits per heavy atom. The maximum Gasteiger partial charge on any atom is 0.446 e. The lowest BCUT2D eigenvalue weighted by Gasteiger charge is -2.63. The van der Waals surface area contributed by atoms with Gasteiger partial charge in [0.15, 0.2) is 0 Å². The van der Waals surface area contributed by atoms with E-state index in [1.54, 1.807) is 0 Å². The predicted octanol–water partition coefficient (Wildman–Crippen LogP) is 4.44. The number of fused-ring (bicyclic) bond motifs is 2. The quantitative estimate of drug-likeness (QED) is 0.0690. The van der Waals surface area contributed by atoms with E-state index in [0.717, 1.165) is 68.9 Å². The fourth-order valence-corrected chi connectivity index (χ4v) is 14.1. The topological polar surface area (TPSA) is 275 Å². The van der Waals surface area contributed by atoms with Gasteiger partial charge in [0.1, 0.15) is 12.2 Å². The van der Waals surface area contributed by atoms with Gasteiger partial charge in [-0.3, -0.25) is 4.79 Å². The van der Waals surface area contributed by atoms with Crippen molar-refractivity contribution < 1.29 is 63.2 Å². The zero-order valence-electron chi connectivity index (χ0n) is 33.7. The van der Waals surface area contributed by atoms with Gasteiger partial charge >= 0.3 is 6.18 Å². The Bertz CT molecular complexity index is 1980. The van der Waals surface area contributed by atoms with Crippen LogP contribution < -0.4 is 0 Å². The summed E-state index contributed by atoms with van der Waals surface area (Å²) in [5, 5.41) is 81.7. The number of alkyl halides is 3. The van der Waals surface area contributed by atoms with E-state index in [-0.39, 0.29) is 41.5 Å². The van der Waals surface area contributed by atoms with Crippen molar-refractivity contribution in [3.05, 3.63) is 55.8 Å². The van der Waals surface area contributed by atoms with Gasteiger partial charge in [0.25, 0.3) is 0 Å². The number of halogens is 3. The number of aliphatic hydroxyl groups is 7. The Labute approximate surface area is 344 Å². The first-order valence-corrected chi connectivity index (χ1v) is 21.1. The number of rotatable bonds is 3. The van der Waals surface area contributed by atoms with Crippen LogP contribution in [-0.2, 0) is 14.3 Å². The van der Waals surface area contributed by atoms with E-state index in [9.17, 15) is 48.9 Å². The van der Waals surface area contributed by atoms with Crippen LogP contribution in [0.5, 0.6) is 0 Å². The van der Waals surface area contributed by atoms with Gasteiger partial charge in [-0.2, -0.15) is 13.2 Å². The van der Waals surface area contributed by atoms with Crippen LogP contribution >= 0.6 is 0 Å². The largest absolute Gasteiger partial charge is 0.446 e. The van der Waals surface area contributed by atoms with E-state index in [0.29, 0.717) is 31.3 Å². The molecular formula is C41H55F3N6O10. The van der Waals surface area contributed by atoms with Crippen LogP contribution in [0.4, 0.5) is 13.2 Å². The van der Waals surface area contributed by atoms with E-state index in [4.69, 9.17) is 25.3 Å². The van der Waals surface area contributed by atoms with Crippen molar-refractivity contribution in [2.45, 2.75) is 175 Å². The second-order valence-electron chi connectivity index (χ2n) is 19.6. The van der Waals surface area contributed by atoms with Crippen molar-refractivity contribution in [1.82, 2.24) is 0 Å². The molecule has 10 aliphatic rings. The number of aldehydes is 1. The zero-order valence-corrected chi connectivity index (χ0v) is 33.7. The van der Waals surface area contributed by atoms with Crippen LogP contribution in [0.1, 0.15) is 97.3 Å². The molecule has 19 heteroatoms. The standard InChI is InChI=1S/C20H29N3O5.C19H25N3O4.C2HF3O/c1-17-4-5-18(10-24)8-11-15(26)16(27)12(22-23-21)9-19(11)6-7-20(18,28-19)13(17)2-3-14(17)25;1-17-5-4-10-8-11-15(24)16(25)12(21-22-20)9-18(11)6-7-19(10,26-18)13(17)2-3-14(17)23;3-2(4,5)1-6/h8,12-16,24-27H,2-7,9-10H2,1H3;4,8,12-16,23-25H,2-3,5-7,9H2,1H3;1H/t12-,13+,14-,15+,16+,17-,18+,19+,20-;12-,13+,14-,15+,16+,17-,18+,19+;/m00./s1. The Balaban J connectivity index is 0.000000147. The van der Waals surface area contributed by atoms with Crippen LogP contribution in [0, 0.1) is 28.1 Å². The summed E-state index contributed by atoms with van der Waals surface area (Å²) in [6.07, 6.45) is 4.49. The molecule has 4 spiro atoms. The lowest BCUT2D eigenvalue weighted by Crippen LogP contribution is -2.67. The first-order valence-electron chi connectivity index (χ1n) is 21.1. The number of carbonyl (C=O) groups is 1. The molecule has 0 radical (unpaired) electrons. The lowest BCUT2D eigenvalue weighted by atomic mass is 9.50. The Kier molecular flexibility index (Phi) is 10.5. The van der Waals surface area contributed by atoms with Crippen LogP contribution in [0.3, 0.4) is 0 Å². The van der Waals surface area contributed by atoms with Gasteiger partial charge in [-0.15, -0.1) is 0 Å². The highest BCUT2D eigenvalue weighted by Crippen LogP contribution is 2.72. The number of allylic oxidation sites excluding steroid dienone is 1. The number of nitrogens with zero attached hydrogens (tertiary/aromatic N) is 6. The number of ether oxygens (including phenoxy) is 2. The smallest absolute Gasteiger partial charge is 0.395 e. The van der Waals surface area contributed by atoms with Gasteiger partial charge in [-0.1, -0.05) is 42.3 Å². The van der Waals surface area contributed by atoms with Crippen molar-refractivity contribution in [1.29, 1.82) is 0 Å². The summed E-state index contributed by atoms with van der Waals surface area (Å²) in [4.78, 5) is 14.4. The van der Waals surface area contributed by atoms with E-state index in [2.05, 4.69) is 40.0 Å². The highest BCUT2D eigenvalue weighted by atomic mass is 19.4. The molecule has 6 aliphatic carbocycles. The summed E-state index contributed by atoms with van der Waals surface area (Å²) in [6, 6.07) is -1.45. The first-order chi connectivity index (χ1) is 28.2. The molecule has 5 saturated carbocycles. The van der Waals surface area contributed by atoms with Crippen LogP contribution in [0.15, 0.2) is 45.2 Å². The molecule has 0 aromatic heterocycles. The lowest BCUT2D eigenvalue weighted by molar-refractivity contribution is -0.250. The van der Waals surface area contributed by atoms with Gasteiger partial charge in [0.05, 0.1) is 65.5 Å². The second kappa shape index (κ2) is 14.5. The summed E-state index contributed by atoms with van der Waals surface area (Å²) in [5.41, 5.74) is 16.6. The third kappa shape index (κ3) is 5.95. The molecule has 2 saturated heterocycles. The summed E-state index contributed by atoms with van der Waals surface area (Å²) < 4.78 is 45.0. The van der Waals surface area contributed by atoms with E-state index >= 15 is 0 Å². The Hall–Kier alpha value is -3.06. The predicted molar refractivity (Wildman–Crippen MR) is 204 cm³/mol. The minimum Gasteiger partial charge on any atom is -0.395 e. The van der Waals surface area contributed by atoms with Crippen molar-refractivity contribution in [3.8, 4) is 0 Å². The third-order valence-corrected chi connectivity index (χ3v) is 17.2. The average Bonchev–Trinajstić information content (AvgIpc) is 3.92. The van der Waals surface area contributed by atoms with Crippen LogP contribution in [-0.4, -0.2) is 126 Å². The Morgan fingerprint density at radius 1 is 0.783 bits per heavy atom. The molecule has 4 heterocycles. The second-order valence-corrected chi connectivity index (χ2v) is 19.6. The SMILES string of the molecule is C[C@]12CC=C3C=C4[C@@H](O)[C@H](O)[C@@H](N=[N+]=[N-])C[C@]45CC[C@]3(O5)[C@@H]1CC[C@@H]2O.C[C@]12CC[C@]3(CO)C=C4[C@@H](O)[C@H](O)[C@@H](N=[N+]=[N-])C[C@]45CC[C@]3(O5)[C@@H]1CC[C@@H]2O.O=CC(F)(F)F. The van der Waals surface area contributed by atoms with Gasteiger partial charge in [-0.05, 0) is 123 Å². The number of hydrogen-bond acceptors (Lipinski definition) is 12. The molecular weight excluding hydrogens is 793 g/mol. The third-order valence-electron chi connectivity index (χ3n) is 17.2. The van der Waals surface area contributed by atoms with Crippen LogP contribution in [0.2, 0.25) is 0 Å². The van der Waals surface area contributed by atoms with Gasteiger partial charge in [0, 0.05) is 26.6 Å². The number of azide groups is 2. The van der Waals surface area contributed by atoms with Gasteiger partial charge in [-0.25, -0.2) is 0 Å². The zero-order chi connectivity index (χ0) is 43.5. The molecule has 16 nitrogen and oxygen atoms in total. The molecule has 0 unspecified atom stereocenters. The number of hydrogen-bond donors (Lipinski definition) is 7. The maximum atomic E-state index is 10.9. The van der Waals surface area contributed by atoms with E-state index < -0.39 is 76.8 Å². The highest BCUT2D eigenvalue weighted by molar-refractivity contribution is 5.56. The summed E-state index contributed by atoms with van der Waals surface area (Å²) in [5.74, 6) is 0.360. The van der Waals surface area contributed by atoms with E-state index in [1.165, 1.54) is 0 Å². The minimum atomic E-state index is -4.64. The molecule has 17 atom stereocenters. The number of aliphatic hydroxyl groups excluding tert-OH is 7.